The lowest BCUT2D eigenvalue weighted by molar-refractivity contribution is 0.0695. The third-order valence-electron chi connectivity index (χ3n) is 5.95. The Morgan fingerprint density at radius 1 is 1.37 bits per heavy atom. The van der Waals surface area contributed by atoms with E-state index < -0.39 is 11.4 Å². The van der Waals surface area contributed by atoms with Gasteiger partial charge < -0.3 is 19.9 Å². The van der Waals surface area contributed by atoms with Gasteiger partial charge in [-0.2, -0.15) is 0 Å². The quantitative estimate of drug-likeness (QED) is 0.838. The number of carbonyl (C=O) groups is 1. The molecule has 2 fully saturated rings. The lowest BCUT2D eigenvalue weighted by Gasteiger charge is -2.25. The molecule has 0 amide bonds. The second-order valence-corrected chi connectivity index (χ2v) is 8.48. The Balaban J connectivity index is 1.79. The molecule has 0 radical (unpaired) electrons. The van der Waals surface area contributed by atoms with E-state index in [1.807, 2.05) is 17.7 Å². The molecule has 2 aliphatic rings. The highest BCUT2D eigenvalue weighted by molar-refractivity contribution is 5.92. The monoisotopic (exact) mass is 370 g/mol. The van der Waals surface area contributed by atoms with Gasteiger partial charge in [-0.25, -0.2) is 9.78 Å². The van der Waals surface area contributed by atoms with Crippen molar-refractivity contribution in [2.45, 2.75) is 32.7 Å². The molecular formula is C20H26N4O3. The predicted octanol–water partition coefficient (Wildman–Crippen LogP) is 2.11. The van der Waals surface area contributed by atoms with Crippen LogP contribution in [0, 0.1) is 11.3 Å². The Bertz CT molecular complexity index is 962. The van der Waals surface area contributed by atoms with E-state index in [0.29, 0.717) is 17.0 Å². The molecule has 1 unspecified atom stereocenters. The summed E-state index contributed by atoms with van der Waals surface area (Å²) >= 11 is 0. The van der Waals surface area contributed by atoms with Gasteiger partial charge in [0.05, 0.1) is 5.39 Å². The Morgan fingerprint density at radius 2 is 2.11 bits per heavy atom. The molecule has 0 bridgehead atoms. The topological polar surface area (TPSA) is 87.5 Å². The summed E-state index contributed by atoms with van der Waals surface area (Å²) in [6, 6.07) is 3.83. The fraction of sp³-hybridized carbons (Fsp3) is 0.550. The highest BCUT2D eigenvalue weighted by atomic mass is 16.4. The number of hydrogen-bond acceptors (Lipinski definition) is 5. The second-order valence-electron chi connectivity index (χ2n) is 8.48. The Kier molecular flexibility index (Phi) is 4.22. The zero-order chi connectivity index (χ0) is 19.3. The highest BCUT2D eigenvalue weighted by Gasteiger charge is 2.39. The first kappa shape index (κ1) is 18.0. The van der Waals surface area contributed by atoms with Crippen molar-refractivity contribution in [3.63, 3.8) is 0 Å². The van der Waals surface area contributed by atoms with E-state index in [4.69, 9.17) is 4.98 Å². The molecule has 1 aliphatic carbocycles. The number of fused-ring (bicyclic) bond motifs is 1. The number of nitrogens with one attached hydrogen (secondary N) is 1. The van der Waals surface area contributed by atoms with Gasteiger partial charge in [-0.15, -0.1) is 0 Å². The molecule has 4 rings (SSSR count). The van der Waals surface area contributed by atoms with Gasteiger partial charge in [0.25, 0.3) is 0 Å². The van der Waals surface area contributed by atoms with E-state index in [-0.39, 0.29) is 17.0 Å². The minimum atomic E-state index is -1.18. The molecule has 1 atom stereocenters. The average molecular weight is 370 g/mol. The van der Waals surface area contributed by atoms with Crippen molar-refractivity contribution >= 4 is 22.8 Å². The zero-order valence-corrected chi connectivity index (χ0v) is 16.0. The summed E-state index contributed by atoms with van der Waals surface area (Å²) in [5.74, 6) is 0.183. The van der Waals surface area contributed by atoms with Gasteiger partial charge in [0.2, 0.25) is 5.43 Å². The fourth-order valence-electron chi connectivity index (χ4n) is 4.14. The molecule has 0 aromatic carbocycles. The van der Waals surface area contributed by atoms with Gasteiger partial charge in [-0.05, 0) is 49.9 Å². The number of carboxylic acid groups (broad SMARTS) is 1. The standard InChI is InChI=1S/C20H26N4O3/c1-20(2)11-23(9-12(20)8-21-3)16-7-6-14-17(25)15(19(26)27)10-24(13-4-5-13)18(14)22-16/h6-7,10,12-13,21H,4-5,8-9,11H2,1-3H3,(H,26,27). The summed E-state index contributed by atoms with van der Waals surface area (Å²) < 4.78 is 1.88. The summed E-state index contributed by atoms with van der Waals surface area (Å²) in [6.45, 7) is 7.31. The lowest BCUT2D eigenvalue weighted by atomic mass is 9.82. The maximum absolute atomic E-state index is 12.6. The van der Waals surface area contributed by atoms with Crippen molar-refractivity contribution in [1.82, 2.24) is 14.9 Å². The number of aromatic carboxylic acids is 1. The van der Waals surface area contributed by atoms with Crippen molar-refractivity contribution in [1.29, 1.82) is 0 Å². The van der Waals surface area contributed by atoms with E-state index in [0.717, 1.165) is 38.3 Å². The summed E-state index contributed by atoms with van der Waals surface area (Å²) in [5.41, 5.74) is 0.131. The van der Waals surface area contributed by atoms with Gasteiger partial charge in [0.15, 0.2) is 0 Å². The minimum absolute atomic E-state index is 0.170. The van der Waals surface area contributed by atoms with Gasteiger partial charge in [-0.3, -0.25) is 4.79 Å². The van der Waals surface area contributed by atoms with Crippen LogP contribution < -0.4 is 15.6 Å². The van der Waals surface area contributed by atoms with E-state index in [2.05, 4.69) is 24.1 Å². The van der Waals surface area contributed by atoms with Crippen LogP contribution in [-0.2, 0) is 0 Å². The molecule has 1 saturated heterocycles. The van der Waals surface area contributed by atoms with Crippen LogP contribution >= 0.6 is 0 Å². The molecule has 7 nitrogen and oxygen atoms in total. The van der Waals surface area contributed by atoms with Crippen molar-refractivity contribution in [3.8, 4) is 0 Å². The summed E-state index contributed by atoms with van der Waals surface area (Å²) in [5, 5.41) is 13.0. The molecule has 7 heteroatoms. The van der Waals surface area contributed by atoms with Crippen LogP contribution in [-0.4, -0.2) is 47.3 Å². The average Bonchev–Trinajstić information content (AvgIpc) is 3.40. The smallest absolute Gasteiger partial charge is 0.341 e. The Labute approximate surface area is 158 Å². The third-order valence-corrected chi connectivity index (χ3v) is 5.95. The Morgan fingerprint density at radius 3 is 2.74 bits per heavy atom. The summed E-state index contributed by atoms with van der Waals surface area (Å²) in [6.07, 6.45) is 3.45. The number of nitrogens with zero attached hydrogens (tertiary/aromatic N) is 3. The van der Waals surface area contributed by atoms with E-state index >= 15 is 0 Å². The SMILES string of the molecule is CNCC1CN(c2ccc3c(=O)c(C(=O)O)cn(C4CC4)c3n2)CC1(C)C. The molecule has 2 N–H and O–H groups in total. The largest absolute Gasteiger partial charge is 0.477 e. The van der Waals surface area contributed by atoms with Crippen LogP contribution in [0.3, 0.4) is 0 Å². The van der Waals surface area contributed by atoms with Crippen LogP contribution in [0.1, 0.15) is 43.1 Å². The maximum Gasteiger partial charge on any atom is 0.341 e. The van der Waals surface area contributed by atoms with Crippen molar-refractivity contribution in [2.24, 2.45) is 11.3 Å². The number of anilines is 1. The summed E-state index contributed by atoms with van der Waals surface area (Å²) in [7, 11) is 1.97. The molecular weight excluding hydrogens is 344 g/mol. The number of carboxylic acids is 1. The van der Waals surface area contributed by atoms with Crippen LogP contribution in [0.2, 0.25) is 0 Å². The first-order valence-electron chi connectivity index (χ1n) is 9.50. The van der Waals surface area contributed by atoms with Crippen LogP contribution in [0.15, 0.2) is 23.1 Å². The van der Waals surface area contributed by atoms with Crippen LogP contribution in [0.4, 0.5) is 5.82 Å². The molecule has 2 aromatic heterocycles. The second kappa shape index (κ2) is 6.34. The Hall–Kier alpha value is -2.41. The summed E-state index contributed by atoms with van der Waals surface area (Å²) in [4.78, 5) is 31.1. The molecule has 1 saturated carbocycles. The third kappa shape index (κ3) is 3.10. The minimum Gasteiger partial charge on any atom is -0.477 e. The lowest BCUT2D eigenvalue weighted by Crippen LogP contribution is -2.30. The van der Waals surface area contributed by atoms with E-state index in [9.17, 15) is 14.7 Å². The number of aromatic nitrogens is 2. The number of hydrogen-bond donors (Lipinski definition) is 2. The van der Waals surface area contributed by atoms with Gasteiger partial charge >= 0.3 is 5.97 Å². The zero-order valence-electron chi connectivity index (χ0n) is 16.0. The number of rotatable bonds is 5. The molecule has 144 valence electrons. The van der Waals surface area contributed by atoms with Crippen molar-refractivity contribution in [3.05, 3.63) is 34.1 Å². The van der Waals surface area contributed by atoms with Crippen molar-refractivity contribution < 1.29 is 9.90 Å². The van der Waals surface area contributed by atoms with Crippen LogP contribution in [0.5, 0.6) is 0 Å². The fourth-order valence-corrected chi connectivity index (χ4v) is 4.14. The molecule has 0 spiro atoms. The normalized spacial score (nSPS) is 21.7. The van der Waals surface area contributed by atoms with Gasteiger partial charge in [0, 0.05) is 25.3 Å². The molecule has 2 aromatic rings. The van der Waals surface area contributed by atoms with E-state index in [1.165, 1.54) is 6.20 Å². The van der Waals surface area contributed by atoms with E-state index in [1.54, 1.807) is 6.07 Å². The molecule has 1 aliphatic heterocycles. The number of pyridine rings is 2. The first-order chi connectivity index (χ1) is 12.8. The van der Waals surface area contributed by atoms with Crippen LogP contribution in [0.25, 0.3) is 11.0 Å². The first-order valence-corrected chi connectivity index (χ1v) is 9.50. The van der Waals surface area contributed by atoms with Crippen molar-refractivity contribution in [2.75, 3.05) is 31.6 Å². The predicted molar refractivity (Wildman–Crippen MR) is 105 cm³/mol. The molecule has 3 heterocycles. The highest BCUT2D eigenvalue weighted by Crippen LogP contribution is 2.39. The molecule has 27 heavy (non-hydrogen) atoms. The maximum atomic E-state index is 12.6. The van der Waals surface area contributed by atoms with Gasteiger partial charge in [0.1, 0.15) is 17.0 Å². The van der Waals surface area contributed by atoms with Gasteiger partial charge in [-0.1, -0.05) is 13.8 Å².